The first-order chi connectivity index (χ1) is 11.9. The van der Waals surface area contributed by atoms with Crippen molar-refractivity contribution >= 4 is 12.0 Å². The third-order valence-electron chi connectivity index (χ3n) is 4.15. The molecule has 25 heavy (non-hydrogen) atoms. The molecule has 1 amide bonds. The molecular formula is C19H16F3NO2. The standard InChI is InChI=1S/C19H16F3NO2/c20-13-3-1-2-12(8-13)4-7-19(25)23-11-15(24)10-18(23)16-9-14(21)5-6-17(16)22/h1-9,15,18,24H,10-11H2/b7-4+. The second-order valence-corrected chi connectivity index (χ2v) is 5.95. The van der Waals surface area contributed by atoms with Crippen LogP contribution in [0.1, 0.15) is 23.6 Å². The second-order valence-electron chi connectivity index (χ2n) is 5.95. The van der Waals surface area contributed by atoms with Gasteiger partial charge in [0.05, 0.1) is 12.1 Å². The highest BCUT2D eigenvalue weighted by atomic mass is 19.1. The minimum atomic E-state index is -0.820. The third-order valence-corrected chi connectivity index (χ3v) is 4.15. The van der Waals surface area contributed by atoms with Crippen LogP contribution in [0.2, 0.25) is 0 Å². The summed E-state index contributed by atoms with van der Waals surface area (Å²) < 4.78 is 40.7. The van der Waals surface area contributed by atoms with Crippen LogP contribution in [0.25, 0.3) is 6.08 Å². The van der Waals surface area contributed by atoms with Crippen LogP contribution in [0.3, 0.4) is 0 Å². The number of nitrogens with zero attached hydrogens (tertiary/aromatic N) is 1. The highest BCUT2D eigenvalue weighted by Crippen LogP contribution is 2.34. The molecule has 0 saturated carbocycles. The van der Waals surface area contributed by atoms with Crippen molar-refractivity contribution in [1.29, 1.82) is 0 Å². The van der Waals surface area contributed by atoms with Crippen LogP contribution in [-0.4, -0.2) is 28.6 Å². The zero-order chi connectivity index (χ0) is 18.0. The van der Waals surface area contributed by atoms with Gasteiger partial charge in [-0.1, -0.05) is 12.1 Å². The summed E-state index contributed by atoms with van der Waals surface area (Å²) in [4.78, 5) is 13.7. The largest absolute Gasteiger partial charge is 0.391 e. The molecule has 2 aromatic rings. The molecule has 2 aromatic carbocycles. The zero-order valence-electron chi connectivity index (χ0n) is 13.2. The molecule has 6 heteroatoms. The van der Waals surface area contributed by atoms with Crippen molar-refractivity contribution in [2.45, 2.75) is 18.6 Å². The highest BCUT2D eigenvalue weighted by molar-refractivity contribution is 5.92. The number of carbonyl (C=O) groups excluding carboxylic acids is 1. The molecule has 0 radical (unpaired) electrons. The molecule has 2 atom stereocenters. The fourth-order valence-electron chi connectivity index (χ4n) is 3.00. The maximum Gasteiger partial charge on any atom is 0.247 e. The molecule has 1 fully saturated rings. The normalized spacial score (nSPS) is 20.4. The smallest absolute Gasteiger partial charge is 0.247 e. The van der Waals surface area contributed by atoms with E-state index in [0.717, 1.165) is 18.2 Å². The summed E-state index contributed by atoms with van der Waals surface area (Å²) in [5, 5.41) is 9.88. The molecule has 3 rings (SSSR count). The summed E-state index contributed by atoms with van der Waals surface area (Å²) >= 11 is 0. The van der Waals surface area contributed by atoms with E-state index in [2.05, 4.69) is 0 Å². The molecule has 1 N–H and O–H groups in total. The van der Waals surface area contributed by atoms with Gasteiger partial charge in [0.25, 0.3) is 0 Å². The van der Waals surface area contributed by atoms with E-state index >= 15 is 0 Å². The average Bonchev–Trinajstić information content (AvgIpc) is 2.96. The van der Waals surface area contributed by atoms with Crippen LogP contribution in [0.15, 0.2) is 48.5 Å². The Morgan fingerprint density at radius 3 is 2.64 bits per heavy atom. The number of likely N-dealkylation sites (tertiary alicyclic amines) is 1. The van der Waals surface area contributed by atoms with E-state index in [1.807, 2.05) is 0 Å². The van der Waals surface area contributed by atoms with Gasteiger partial charge < -0.3 is 10.0 Å². The Balaban J connectivity index is 1.84. The van der Waals surface area contributed by atoms with Gasteiger partial charge in [-0.3, -0.25) is 4.79 Å². The molecule has 130 valence electrons. The van der Waals surface area contributed by atoms with Gasteiger partial charge in [0.1, 0.15) is 17.5 Å². The Morgan fingerprint density at radius 1 is 1.12 bits per heavy atom. The number of carbonyl (C=O) groups is 1. The minimum Gasteiger partial charge on any atom is -0.391 e. The van der Waals surface area contributed by atoms with E-state index < -0.39 is 35.5 Å². The molecular weight excluding hydrogens is 331 g/mol. The first-order valence-electron chi connectivity index (χ1n) is 7.81. The van der Waals surface area contributed by atoms with Gasteiger partial charge in [-0.25, -0.2) is 13.2 Å². The van der Waals surface area contributed by atoms with E-state index in [1.165, 1.54) is 35.3 Å². The number of aliphatic hydroxyl groups excluding tert-OH is 1. The Kier molecular flexibility index (Phi) is 4.90. The Morgan fingerprint density at radius 2 is 1.88 bits per heavy atom. The topological polar surface area (TPSA) is 40.5 Å². The minimum absolute atomic E-state index is 0.0208. The molecule has 1 saturated heterocycles. The zero-order valence-corrected chi connectivity index (χ0v) is 13.2. The lowest BCUT2D eigenvalue weighted by Gasteiger charge is -2.24. The predicted octanol–water partition coefficient (Wildman–Crippen LogP) is 3.45. The van der Waals surface area contributed by atoms with Gasteiger partial charge in [0.2, 0.25) is 5.91 Å². The number of amides is 1. The second kappa shape index (κ2) is 7.11. The van der Waals surface area contributed by atoms with E-state index in [-0.39, 0.29) is 18.5 Å². The maximum atomic E-state index is 14.0. The van der Waals surface area contributed by atoms with E-state index in [4.69, 9.17) is 0 Å². The Hall–Kier alpha value is -2.60. The lowest BCUT2D eigenvalue weighted by molar-refractivity contribution is -0.127. The molecule has 0 bridgehead atoms. The van der Waals surface area contributed by atoms with Gasteiger partial charge in [0.15, 0.2) is 0 Å². The summed E-state index contributed by atoms with van der Waals surface area (Å²) in [5.74, 6) is -2.13. The Bertz CT molecular complexity index is 822. The summed E-state index contributed by atoms with van der Waals surface area (Å²) in [5.41, 5.74) is 0.533. The van der Waals surface area contributed by atoms with Gasteiger partial charge in [-0.2, -0.15) is 0 Å². The lowest BCUT2D eigenvalue weighted by atomic mass is 10.0. The third kappa shape index (κ3) is 3.91. The van der Waals surface area contributed by atoms with Gasteiger partial charge in [-0.15, -0.1) is 0 Å². The first kappa shape index (κ1) is 17.2. The van der Waals surface area contributed by atoms with Crippen LogP contribution < -0.4 is 0 Å². The Labute approximate surface area is 143 Å². The van der Waals surface area contributed by atoms with Crippen molar-refractivity contribution in [2.75, 3.05) is 6.54 Å². The van der Waals surface area contributed by atoms with Gasteiger partial charge in [-0.05, 0) is 48.4 Å². The molecule has 3 nitrogen and oxygen atoms in total. The predicted molar refractivity (Wildman–Crippen MR) is 86.9 cm³/mol. The van der Waals surface area contributed by atoms with Gasteiger partial charge >= 0.3 is 0 Å². The van der Waals surface area contributed by atoms with E-state index in [0.29, 0.717) is 5.56 Å². The van der Waals surface area contributed by atoms with Crippen LogP contribution in [-0.2, 0) is 4.79 Å². The molecule has 0 spiro atoms. The number of β-amino-alcohol motifs (C(OH)–C–C–N with tert-alkyl or cyclic N) is 1. The summed E-state index contributed by atoms with van der Waals surface area (Å²) in [7, 11) is 0. The lowest BCUT2D eigenvalue weighted by Crippen LogP contribution is -2.30. The molecule has 1 aliphatic rings. The summed E-state index contributed by atoms with van der Waals surface area (Å²) in [6.45, 7) is 0.0208. The van der Waals surface area contributed by atoms with Crippen molar-refractivity contribution in [3.63, 3.8) is 0 Å². The summed E-state index contributed by atoms with van der Waals surface area (Å²) in [6.07, 6.45) is 1.98. The monoisotopic (exact) mass is 347 g/mol. The van der Waals surface area contributed by atoms with Crippen molar-refractivity contribution in [2.24, 2.45) is 0 Å². The molecule has 1 aliphatic heterocycles. The fourth-order valence-corrected chi connectivity index (χ4v) is 3.00. The van der Waals surface area contributed by atoms with Crippen LogP contribution in [0.5, 0.6) is 0 Å². The fraction of sp³-hybridized carbons (Fsp3) is 0.211. The number of benzene rings is 2. The SMILES string of the molecule is O=C(/C=C/c1cccc(F)c1)N1CC(O)CC1c1cc(F)ccc1F. The number of hydrogen-bond acceptors (Lipinski definition) is 2. The molecule has 2 unspecified atom stereocenters. The average molecular weight is 347 g/mol. The van der Waals surface area contributed by atoms with E-state index in [9.17, 15) is 23.1 Å². The van der Waals surface area contributed by atoms with Crippen molar-refractivity contribution in [1.82, 2.24) is 4.90 Å². The van der Waals surface area contributed by atoms with Crippen molar-refractivity contribution in [3.05, 3.63) is 77.1 Å². The first-order valence-corrected chi connectivity index (χ1v) is 7.81. The molecule has 0 aromatic heterocycles. The molecule has 0 aliphatic carbocycles. The van der Waals surface area contributed by atoms with Crippen LogP contribution >= 0.6 is 0 Å². The van der Waals surface area contributed by atoms with E-state index in [1.54, 1.807) is 6.07 Å². The van der Waals surface area contributed by atoms with Crippen molar-refractivity contribution < 1.29 is 23.1 Å². The highest BCUT2D eigenvalue weighted by Gasteiger charge is 2.36. The quantitative estimate of drug-likeness (QED) is 0.864. The van der Waals surface area contributed by atoms with Crippen molar-refractivity contribution in [3.8, 4) is 0 Å². The maximum absolute atomic E-state index is 14.0. The van der Waals surface area contributed by atoms with Crippen LogP contribution in [0.4, 0.5) is 13.2 Å². The molecule has 1 heterocycles. The number of hydrogen-bond donors (Lipinski definition) is 1. The number of halogens is 3. The number of rotatable bonds is 3. The van der Waals surface area contributed by atoms with Gasteiger partial charge in [0, 0.05) is 18.2 Å². The number of aliphatic hydroxyl groups is 1. The van der Waals surface area contributed by atoms with Crippen LogP contribution in [0, 0.1) is 17.5 Å². The summed E-state index contributed by atoms with van der Waals surface area (Å²) in [6, 6.07) is 8.00.